The molecule has 1 unspecified atom stereocenters. The second kappa shape index (κ2) is 8.59. The summed E-state index contributed by atoms with van der Waals surface area (Å²) in [4.78, 5) is 7.16. The molecule has 1 atom stereocenters. The van der Waals surface area contributed by atoms with E-state index in [1.54, 1.807) is 7.11 Å². The third-order valence-electron chi connectivity index (χ3n) is 2.25. The Morgan fingerprint density at radius 2 is 1.93 bits per heavy atom. The van der Waals surface area contributed by atoms with Gasteiger partial charge >= 0.3 is 99.0 Å². The molecule has 0 N–H and O–H groups in total. The van der Waals surface area contributed by atoms with Gasteiger partial charge in [-0.1, -0.05) is 0 Å². The Balaban J connectivity index is 4.06. The molecule has 0 heterocycles. The van der Waals surface area contributed by atoms with Gasteiger partial charge in [-0.25, -0.2) is 0 Å². The number of allylic oxidation sites excluding steroid dienone is 1. The van der Waals surface area contributed by atoms with Gasteiger partial charge in [0.1, 0.15) is 0 Å². The summed E-state index contributed by atoms with van der Waals surface area (Å²) < 4.78 is 11.0. The van der Waals surface area contributed by atoms with E-state index < -0.39 is 18.4 Å². The molecule has 0 radical (unpaired) electrons. The third kappa shape index (κ3) is 8.28. The van der Waals surface area contributed by atoms with E-state index in [4.69, 9.17) is 9.47 Å². The Kier molecular flexibility index (Phi) is 8.86. The summed E-state index contributed by atoms with van der Waals surface area (Å²) in [6, 6.07) is 0. The Morgan fingerprint density at radius 1 is 1.27 bits per heavy atom. The maximum absolute atomic E-state index is 5.72. The normalized spacial score (nSPS) is 14.7. The van der Waals surface area contributed by atoms with Crippen LogP contribution in [0.5, 0.6) is 0 Å². The van der Waals surface area contributed by atoms with Crippen LogP contribution in [-0.2, 0) is 9.47 Å². The van der Waals surface area contributed by atoms with Gasteiger partial charge in [-0.05, 0) is 0 Å². The van der Waals surface area contributed by atoms with Gasteiger partial charge in [0, 0.05) is 0 Å². The summed E-state index contributed by atoms with van der Waals surface area (Å²) >= 11 is -1.99. The van der Waals surface area contributed by atoms with Crippen LogP contribution in [0.1, 0.15) is 26.2 Å². The second-order valence-electron chi connectivity index (χ2n) is 4.93. The van der Waals surface area contributed by atoms with Crippen LogP contribution in [0.2, 0.25) is 14.8 Å². The van der Waals surface area contributed by atoms with E-state index in [1.807, 2.05) is 0 Å². The molecule has 0 aromatic heterocycles. The van der Waals surface area contributed by atoms with E-state index in [-0.39, 0.29) is 0 Å². The van der Waals surface area contributed by atoms with Gasteiger partial charge in [0.25, 0.3) is 0 Å². The minimum atomic E-state index is -1.99. The van der Waals surface area contributed by atoms with Gasteiger partial charge in [-0.3, -0.25) is 0 Å². The summed E-state index contributed by atoms with van der Waals surface area (Å²) in [6.45, 7) is 2.63. The Labute approximate surface area is 98.9 Å². The van der Waals surface area contributed by atoms with E-state index in [9.17, 15) is 0 Å². The first-order valence-electron chi connectivity index (χ1n) is 5.79. The van der Waals surface area contributed by atoms with Crippen molar-refractivity contribution in [2.24, 2.45) is 0 Å². The average Bonchev–Trinajstić information content (AvgIpc) is 2.15. The van der Waals surface area contributed by atoms with Crippen LogP contribution < -0.4 is 0 Å². The van der Waals surface area contributed by atoms with E-state index in [0.717, 1.165) is 0 Å². The number of hydrogen-bond acceptors (Lipinski definition) is 2. The maximum atomic E-state index is 5.72. The Hall–Kier alpha value is 0.459. The molecule has 90 valence electrons. The van der Waals surface area contributed by atoms with Gasteiger partial charge in [0.2, 0.25) is 0 Å². The molecule has 2 nitrogen and oxygen atoms in total. The number of methoxy groups -OCH3 is 1. The second-order valence-corrected chi connectivity index (χ2v) is 20.1. The van der Waals surface area contributed by atoms with Crippen molar-refractivity contribution in [1.82, 2.24) is 0 Å². The Morgan fingerprint density at radius 3 is 2.40 bits per heavy atom. The molecule has 0 aliphatic heterocycles. The topological polar surface area (TPSA) is 18.5 Å². The predicted octanol–water partition coefficient (Wildman–Crippen LogP) is 3.60. The average molecular weight is 321 g/mol. The molecular weight excluding hydrogens is 295 g/mol. The minimum absolute atomic E-state index is 0.344. The first-order valence-corrected chi connectivity index (χ1v) is 16.0. The quantitative estimate of drug-likeness (QED) is 0.294. The first-order chi connectivity index (χ1) is 7.02. The molecule has 0 saturated heterocycles. The van der Waals surface area contributed by atoms with Crippen LogP contribution in [0, 0.1) is 0 Å². The summed E-state index contributed by atoms with van der Waals surface area (Å²) in [5.41, 5.74) is 0. The molecule has 0 saturated carbocycles. The fourth-order valence-electron chi connectivity index (χ4n) is 1.28. The van der Waals surface area contributed by atoms with Crippen molar-refractivity contribution in [3.05, 3.63) is 12.2 Å². The van der Waals surface area contributed by atoms with Crippen LogP contribution in [-0.4, -0.2) is 36.4 Å². The molecule has 0 spiro atoms. The van der Waals surface area contributed by atoms with Crippen molar-refractivity contribution in [3.8, 4) is 0 Å². The molecule has 0 rings (SSSR count). The fourth-order valence-corrected chi connectivity index (χ4v) is 4.93. The monoisotopic (exact) mass is 322 g/mol. The molecule has 0 amide bonds. The summed E-state index contributed by atoms with van der Waals surface area (Å²) in [5.74, 6) is 0. The predicted molar refractivity (Wildman–Crippen MR) is 68.8 cm³/mol. The first kappa shape index (κ1) is 15.5. The van der Waals surface area contributed by atoms with Crippen molar-refractivity contribution in [2.45, 2.75) is 45.1 Å². The zero-order valence-corrected chi connectivity index (χ0v) is 13.7. The zero-order chi connectivity index (χ0) is 11.7. The van der Waals surface area contributed by atoms with Crippen LogP contribution in [0.3, 0.4) is 0 Å². The number of rotatable bonds is 8. The van der Waals surface area contributed by atoms with Crippen LogP contribution in [0.25, 0.3) is 0 Å². The zero-order valence-electron chi connectivity index (χ0n) is 10.9. The van der Waals surface area contributed by atoms with Crippen LogP contribution in [0.15, 0.2) is 12.2 Å². The van der Waals surface area contributed by atoms with Gasteiger partial charge < -0.3 is 0 Å². The Bertz CT molecular complexity index is 173. The van der Waals surface area contributed by atoms with E-state index in [0.29, 0.717) is 10.9 Å². The summed E-state index contributed by atoms with van der Waals surface area (Å²) in [7, 11) is 1.68. The molecule has 15 heavy (non-hydrogen) atoms. The van der Waals surface area contributed by atoms with Gasteiger partial charge in [0.05, 0.1) is 0 Å². The molecule has 0 aromatic carbocycles. The number of ether oxygens (including phenoxy) is 2. The molecule has 0 aliphatic rings. The summed E-state index contributed by atoms with van der Waals surface area (Å²) in [6.07, 6.45) is 8.22. The van der Waals surface area contributed by atoms with Crippen molar-refractivity contribution >= 4 is 18.4 Å². The summed E-state index contributed by atoms with van der Waals surface area (Å²) in [5, 5.41) is 0. The van der Waals surface area contributed by atoms with Gasteiger partial charge in [0.15, 0.2) is 0 Å². The van der Waals surface area contributed by atoms with Crippen LogP contribution in [0.4, 0.5) is 0 Å². The molecule has 3 heteroatoms. The van der Waals surface area contributed by atoms with Crippen molar-refractivity contribution < 1.29 is 9.47 Å². The van der Waals surface area contributed by atoms with Crippen molar-refractivity contribution in [1.29, 1.82) is 0 Å². The van der Waals surface area contributed by atoms with E-state index in [1.165, 1.54) is 19.3 Å². The van der Waals surface area contributed by atoms with E-state index in [2.05, 4.69) is 33.9 Å². The SMILES string of the molecule is CCCC/C=C/[CH](OCOC)[Sn]([CH3])([CH3])[CH3]. The molecule has 0 bridgehead atoms. The van der Waals surface area contributed by atoms with Gasteiger partial charge in [-0.15, -0.1) is 0 Å². The fraction of sp³-hybridized carbons (Fsp3) is 0.833. The van der Waals surface area contributed by atoms with Crippen LogP contribution >= 0.6 is 0 Å². The molecule has 0 aliphatic carbocycles. The molecule has 0 aromatic rings. The molecular formula is C12H26O2Sn. The van der Waals surface area contributed by atoms with Crippen molar-refractivity contribution in [2.75, 3.05) is 13.9 Å². The number of unbranched alkanes of at least 4 members (excludes halogenated alkanes) is 2. The van der Waals surface area contributed by atoms with E-state index >= 15 is 0 Å². The molecule has 0 fully saturated rings. The van der Waals surface area contributed by atoms with Crippen molar-refractivity contribution in [3.63, 3.8) is 0 Å². The number of hydrogen-bond donors (Lipinski definition) is 0. The standard InChI is InChI=1S/C9H17O2.3CH3.Sn/c1-3-4-5-6-7-8-11-9-10-2;;;;/h6-8H,3-5,9H2,1-2H3;3*1H3;/b7-6+;;;;. The third-order valence-corrected chi connectivity index (χ3v) is 8.15. The van der Waals surface area contributed by atoms with Gasteiger partial charge in [-0.2, -0.15) is 0 Å².